The molecule has 0 saturated carbocycles. The molecule has 0 unspecified atom stereocenters. The Bertz CT molecular complexity index is 894. The number of rotatable bonds is 6. The van der Waals surface area contributed by atoms with E-state index in [1.807, 2.05) is 24.3 Å². The summed E-state index contributed by atoms with van der Waals surface area (Å²) in [6, 6.07) is 12.6. The van der Waals surface area contributed by atoms with E-state index >= 15 is 0 Å². The van der Waals surface area contributed by atoms with Crippen LogP contribution in [-0.2, 0) is 6.61 Å². The molecule has 0 aliphatic carbocycles. The molecule has 0 bridgehead atoms. The summed E-state index contributed by atoms with van der Waals surface area (Å²) in [5, 5.41) is 9.90. The van der Waals surface area contributed by atoms with Crippen LogP contribution in [0.2, 0.25) is 0 Å². The Hall–Kier alpha value is -3.34. The van der Waals surface area contributed by atoms with E-state index in [0.29, 0.717) is 17.2 Å². The fourth-order valence-electron chi connectivity index (χ4n) is 2.55. The first kappa shape index (κ1) is 16.5. The minimum atomic E-state index is 0.132. The first-order valence-electron chi connectivity index (χ1n) is 7.75. The van der Waals surface area contributed by atoms with Crippen molar-refractivity contribution in [2.75, 3.05) is 7.11 Å². The maximum absolute atomic E-state index is 9.90. The molecule has 0 aliphatic rings. The van der Waals surface area contributed by atoms with E-state index in [1.54, 1.807) is 43.8 Å². The van der Waals surface area contributed by atoms with Gasteiger partial charge in [0.2, 0.25) is 5.88 Å². The minimum Gasteiger partial charge on any atom is -0.507 e. The average molecular weight is 334 g/mol. The summed E-state index contributed by atoms with van der Waals surface area (Å²) < 4.78 is 11.2. The first-order chi connectivity index (χ1) is 12.2. The number of pyridine rings is 2. The summed E-state index contributed by atoms with van der Waals surface area (Å²) in [6.07, 6.45) is 4.96. The molecule has 3 aromatic rings. The predicted octanol–water partition coefficient (Wildman–Crippen LogP) is 4.08. The van der Waals surface area contributed by atoms with Crippen molar-refractivity contribution in [3.63, 3.8) is 0 Å². The third-order valence-electron chi connectivity index (χ3n) is 3.74. The molecule has 2 aromatic heterocycles. The fraction of sp³-hybridized carbons (Fsp3) is 0.100. The van der Waals surface area contributed by atoms with Crippen molar-refractivity contribution in [3.05, 3.63) is 72.6 Å². The molecule has 0 atom stereocenters. The number of hydrogen-bond acceptors (Lipinski definition) is 5. The van der Waals surface area contributed by atoms with Crippen molar-refractivity contribution in [2.24, 2.45) is 0 Å². The molecule has 0 spiro atoms. The third kappa shape index (κ3) is 3.45. The minimum absolute atomic E-state index is 0.132. The third-order valence-corrected chi connectivity index (χ3v) is 3.74. The van der Waals surface area contributed by atoms with Gasteiger partial charge in [0, 0.05) is 18.0 Å². The maximum Gasteiger partial charge on any atom is 0.222 e. The molecule has 126 valence electrons. The smallest absolute Gasteiger partial charge is 0.222 e. The highest BCUT2D eigenvalue weighted by atomic mass is 16.5. The summed E-state index contributed by atoms with van der Waals surface area (Å²) in [5.74, 6) is 1.20. The van der Waals surface area contributed by atoms with E-state index < -0.39 is 0 Å². The number of aromatic hydroxyl groups is 1. The number of phenols is 1. The lowest BCUT2D eigenvalue weighted by molar-refractivity contribution is 0.303. The lowest BCUT2D eigenvalue weighted by atomic mass is 10.1. The lowest BCUT2D eigenvalue weighted by Gasteiger charge is -2.14. The van der Waals surface area contributed by atoms with Gasteiger partial charge in [-0.05, 0) is 30.3 Å². The second kappa shape index (κ2) is 7.49. The van der Waals surface area contributed by atoms with Gasteiger partial charge in [-0.2, -0.15) is 0 Å². The van der Waals surface area contributed by atoms with Crippen LogP contribution in [-0.4, -0.2) is 22.2 Å². The zero-order chi connectivity index (χ0) is 17.6. The number of methoxy groups -OCH3 is 1. The molecule has 25 heavy (non-hydrogen) atoms. The van der Waals surface area contributed by atoms with Crippen molar-refractivity contribution in [1.82, 2.24) is 9.97 Å². The molecular weight excluding hydrogens is 316 g/mol. The Kier molecular flexibility index (Phi) is 4.95. The van der Waals surface area contributed by atoms with E-state index in [9.17, 15) is 5.11 Å². The fourth-order valence-corrected chi connectivity index (χ4v) is 2.55. The molecule has 0 saturated heterocycles. The maximum atomic E-state index is 9.90. The van der Waals surface area contributed by atoms with Crippen molar-refractivity contribution >= 4 is 6.08 Å². The summed E-state index contributed by atoms with van der Waals surface area (Å²) in [7, 11) is 1.58. The van der Waals surface area contributed by atoms with Crippen LogP contribution in [0.15, 0.2) is 61.4 Å². The Labute approximate surface area is 146 Å². The summed E-state index contributed by atoms with van der Waals surface area (Å²) in [5.41, 5.74) is 2.98. The van der Waals surface area contributed by atoms with Gasteiger partial charge in [-0.25, -0.2) is 4.98 Å². The predicted molar refractivity (Wildman–Crippen MR) is 96.5 cm³/mol. The van der Waals surface area contributed by atoms with E-state index in [4.69, 9.17) is 9.47 Å². The van der Waals surface area contributed by atoms with Gasteiger partial charge in [-0.1, -0.05) is 24.8 Å². The van der Waals surface area contributed by atoms with Crippen LogP contribution in [0.4, 0.5) is 0 Å². The van der Waals surface area contributed by atoms with Crippen LogP contribution < -0.4 is 9.47 Å². The number of benzene rings is 1. The molecule has 0 amide bonds. The first-order valence-corrected chi connectivity index (χ1v) is 7.75. The molecule has 0 fully saturated rings. The van der Waals surface area contributed by atoms with Crippen LogP contribution in [0.3, 0.4) is 0 Å². The molecule has 0 aliphatic heterocycles. The van der Waals surface area contributed by atoms with Crippen molar-refractivity contribution in [1.29, 1.82) is 0 Å². The standard InChI is InChI=1S/C20H18N2O3/c1-3-15-17(23)9-4-10-18(15)25-13-14-7-5-11-21-19(14)16-8-6-12-22-20(16)24-2/h3-12,23H,1,13H2,2H3. The molecular formula is C20H18N2O3. The zero-order valence-electron chi connectivity index (χ0n) is 13.8. The molecule has 1 N–H and O–H groups in total. The monoisotopic (exact) mass is 334 g/mol. The number of ether oxygens (including phenoxy) is 2. The van der Waals surface area contributed by atoms with Crippen molar-refractivity contribution in [2.45, 2.75) is 6.61 Å². The van der Waals surface area contributed by atoms with Crippen molar-refractivity contribution < 1.29 is 14.6 Å². The van der Waals surface area contributed by atoms with Gasteiger partial charge in [0.1, 0.15) is 18.1 Å². The van der Waals surface area contributed by atoms with Gasteiger partial charge in [0.15, 0.2) is 0 Å². The summed E-state index contributed by atoms with van der Waals surface area (Å²) >= 11 is 0. The Morgan fingerprint density at radius 1 is 1.08 bits per heavy atom. The number of nitrogens with zero attached hydrogens (tertiary/aromatic N) is 2. The van der Waals surface area contributed by atoms with Crippen LogP contribution in [0, 0.1) is 0 Å². The largest absolute Gasteiger partial charge is 0.507 e. The highest BCUT2D eigenvalue weighted by Crippen LogP contribution is 2.31. The van der Waals surface area contributed by atoms with Crippen molar-refractivity contribution in [3.8, 4) is 28.6 Å². The number of phenolic OH excluding ortho intramolecular Hbond substituents is 1. The summed E-state index contributed by atoms with van der Waals surface area (Å²) in [6.45, 7) is 4.00. The number of hydrogen-bond donors (Lipinski definition) is 1. The summed E-state index contributed by atoms with van der Waals surface area (Å²) in [4.78, 5) is 8.68. The quantitative estimate of drug-likeness (QED) is 0.736. The van der Waals surface area contributed by atoms with Crippen LogP contribution in [0.5, 0.6) is 17.4 Å². The molecule has 5 heteroatoms. The normalized spacial score (nSPS) is 10.3. The Balaban J connectivity index is 1.93. The lowest BCUT2D eigenvalue weighted by Crippen LogP contribution is -2.02. The SMILES string of the molecule is C=Cc1c(O)cccc1OCc1cccnc1-c1cccnc1OC. The van der Waals surface area contributed by atoms with Gasteiger partial charge >= 0.3 is 0 Å². The second-order valence-corrected chi connectivity index (χ2v) is 5.25. The van der Waals surface area contributed by atoms with Crippen LogP contribution in [0.1, 0.15) is 11.1 Å². The van der Waals surface area contributed by atoms with Gasteiger partial charge in [-0.3, -0.25) is 4.98 Å². The Morgan fingerprint density at radius 2 is 1.88 bits per heavy atom. The zero-order valence-corrected chi connectivity index (χ0v) is 13.8. The highest BCUT2D eigenvalue weighted by molar-refractivity contribution is 5.68. The van der Waals surface area contributed by atoms with Gasteiger partial charge in [-0.15, -0.1) is 0 Å². The van der Waals surface area contributed by atoms with Gasteiger partial charge < -0.3 is 14.6 Å². The average Bonchev–Trinajstić information content (AvgIpc) is 2.66. The topological polar surface area (TPSA) is 64.5 Å². The second-order valence-electron chi connectivity index (χ2n) is 5.25. The highest BCUT2D eigenvalue weighted by Gasteiger charge is 2.13. The van der Waals surface area contributed by atoms with E-state index in [-0.39, 0.29) is 12.4 Å². The van der Waals surface area contributed by atoms with E-state index in [1.165, 1.54) is 0 Å². The number of aromatic nitrogens is 2. The van der Waals surface area contributed by atoms with Crippen LogP contribution in [0.25, 0.3) is 17.3 Å². The molecule has 2 heterocycles. The van der Waals surface area contributed by atoms with Gasteiger partial charge in [0.05, 0.1) is 23.9 Å². The van der Waals surface area contributed by atoms with Gasteiger partial charge in [0.25, 0.3) is 0 Å². The Morgan fingerprint density at radius 3 is 2.68 bits per heavy atom. The molecule has 3 rings (SSSR count). The van der Waals surface area contributed by atoms with E-state index in [0.717, 1.165) is 16.8 Å². The molecule has 5 nitrogen and oxygen atoms in total. The van der Waals surface area contributed by atoms with E-state index in [2.05, 4.69) is 16.5 Å². The molecule has 1 aromatic carbocycles. The molecule has 0 radical (unpaired) electrons. The van der Waals surface area contributed by atoms with Crippen LogP contribution >= 0.6 is 0 Å².